The maximum absolute atomic E-state index is 8.67. The van der Waals surface area contributed by atoms with Crippen molar-refractivity contribution in [2.24, 2.45) is 5.92 Å². The maximum atomic E-state index is 8.67. The summed E-state index contributed by atoms with van der Waals surface area (Å²) in [7, 11) is 0. The van der Waals surface area contributed by atoms with Crippen LogP contribution in [-0.2, 0) is 0 Å². The quantitative estimate of drug-likeness (QED) is 0.620. The molecule has 0 saturated carbocycles. The van der Waals surface area contributed by atoms with Crippen LogP contribution in [0.5, 0.6) is 0 Å². The number of hydrogen-bond donors (Lipinski definition) is 1. The highest BCUT2D eigenvalue weighted by Crippen LogP contribution is 2.15. The molecule has 70 valence electrons. The summed E-state index contributed by atoms with van der Waals surface area (Å²) in [5.74, 6) is 0.768. The summed E-state index contributed by atoms with van der Waals surface area (Å²) in [6.45, 7) is 4.78. The Morgan fingerprint density at radius 1 is 1.18 bits per heavy atom. The molecule has 0 radical (unpaired) electrons. The van der Waals surface area contributed by atoms with E-state index in [2.05, 4.69) is 13.8 Å². The maximum Gasteiger partial charge on any atom is 0.0433 e. The Morgan fingerprint density at radius 2 is 1.82 bits per heavy atom. The van der Waals surface area contributed by atoms with Gasteiger partial charge in [-0.25, -0.2) is 0 Å². The number of aliphatic hydroxyl groups is 1. The van der Waals surface area contributed by atoms with Gasteiger partial charge in [-0.05, 0) is 12.3 Å². The largest absolute Gasteiger partial charge is 0.396 e. The third kappa shape index (κ3) is 8.29. The van der Waals surface area contributed by atoms with Gasteiger partial charge in [-0.1, -0.05) is 39.5 Å². The average molecular weight is 178 g/mol. The third-order valence-electron chi connectivity index (χ3n) is 2.08. The minimum Gasteiger partial charge on any atom is -0.396 e. The zero-order chi connectivity index (χ0) is 7.82. The van der Waals surface area contributed by atoms with Gasteiger partial charge in [0.2, 0.25) is 0 Å². The lowest BCUT2D eigenvalue weighted by Crippen LogP contribution is -2.01. The fraction of sp³-hybridized carbons (Fsp3) is 1.00. The lowest BCUT2D eigenvalue weighted by molar-refractivity contribution is 0.247. The molecule has 2 heteroatoms. The zero-order valence-electron chi connectivity index (χ0n) is 7.97. The van der Waals surface area contributed by atoms with Crippen LogP contribution in [0.4, 0.5) is 0 Å². The van der Waals surface area contributed by atoms with Gasteiger partial charge in [0.15, 0.2) is 0 Å². The van der Waals surface area contributed by atoms with E-state index >= 15 is 0 Å². The first-order valence-electron chi connectivity index (χ1n) is 4.46. The van der Waals surface area contributed by atoms with Gasteiger partial charge in [-0.15, -0.1) is 0 Å². The summed E-state index contributed by atoms with van der Waals surface area (Å²) < 4.78 is 0. The van der Waals surface area contributed by atoms with Crippen LogP contribution in [-0.4, -0.2) is 11.7 Å². The van der Waals surface area contributed by atoms with Crippen molar-refractivity contribution in [1.82, 2.24) is 0 Å². The van der Waals surface area contributed by atoms with Gasteiger partial charge < -0.3 is 5.11 Å². The van der Waals surface area contributed by atoms with Crippen molar-refractivity contribution < 1.29 is 5.11 Å². The highest BCUT2D eigenvalue weighted by molar-refractivity contribution is 6.92. The molecular weight excluding hydrogens is 155 g/mol. The van der Waals surface area contributed by atoms with E-state index in [1.165, 1.54) is 25.7 Å². The van der Waals surface area contributed by atoms with Crippen molar-refractivity contribution in [1.29, 1.82) is 0 Å². The van der Waals surface area contributed by atoms with Crippen molar-refractivity contribution in [3.63, 3.8) is 0 Å². The molecule has 0 amide bonds. The molecule has 0 spiro atoms. The molecule has 0 aromatic rings. The number of rotatable bonds is 6. The topological polar surface area (TPSA) is 20.2 Å². The van der Waals surface area contributed by atoms with Crippen LogP contribution in [0.2, 0.25) is 0 Å². The number of hydrogen-bond acceptors (Lipinski definition) is 1. The fourth-order valence-corrected chi connectivity index (χ4v) is 1.23. The van der Waals surface area contributed by atoms with Gasteiger partial charge in [0, 0.05) is 6.61 Å². The summed E-state index contributed by atoms with van der Waals surface area (Å²) in [6.07, 6.45) is 6.12. The molecule has 11 heavy (non-hydrogen) atoms. The molecule has 0 heterocycles. The second kappa shape index (κ2) is 10.4. The Labute approximate surface area is 74.2 Å². The highest BCUT2D eigenvalue weighted by Gasteiger charge is 2.03. The van der Waals surface area contributed by atoms with Crippen molar-refractivity contribution in [3.8, 4) is 0 Å². The third-order valence-corrected chi connectivity index (χ3v) is 2.08. The molecule has 0 aromatic heterocycles. The smallest absolute Gasteiger partial charge is 0.0433 e. The van der Waals surface area contributed by atoms with Crippen molar-refractivity contribution in [2.45, 2.75) is 46.0 Å². The first-order chi connectivity index (χ1) is 4.85. The molecule has 1 nitrogen and oxygen atoms in total. The molecule has 0 aliphatic carbocycles. The zero-order valence-corrected chi connectivity index (χ0v) is 9.39. The lowest BCUT2D eigenvalue weighted by atomic mass is 9.96. The summed E-state index contributed by atoms with van der Waals surface area (Å²) >= 11 is 0. The van der Waals surface area contributed by atoms with Gasteiger partial charge in [0.25, 0.3) is 0 Å². The van der Waals surface area contributed by atoms with Crippen LogP contribution in [0.1, 0.15) is 46.0 Å². The van der Waals surface area contributed by atoms with E-state index in [4.69, 9.17) is 5.11 Å². The normalized spacial score (nSPS) is 12.3. The van der Waals surface area contributed by atoms with Gasteiger partial charge in [0.1, 0.15) is 0 Å². The number of unbranched alkanes of at least 4 members (excludes halogenated alkanes) is 1. The number of aliphatic hydroxyl groups excluding tert-OH is 1. The lowest BCUT2D eigenvalue weighted by Gasteiger charge is -2.11. The van der Waals surface area contributed by atoms with Crippen molar-refractivity contribution in [3.05, 3.63) is 0 Å². The van der Waals surface area contributed by atoms with E-state index in [0.717, 1.165) is 12.3 Å². The van der Waals surface area contributed by atoms with E-state index in [1.54, 1.807) is 0 Å². The predicted molar refractivity (Wildman–Crippen MR) is 56.1 cm³/mol. The van der Waals surface area contributed by atoms with Gasteiger partial charge >= 0.3 is 0 Å². The van der Waals surface area contributed by atoms with Crippen molar-refractivity contribution >= 4 is 9.90 Å². The molecule has 0 aromatic carbocycles. The summed E-state index contributed by atoms with van der Waals surface area (Å²) in [5, 5.41) is 8.67. The van der Waals surface area contributed by atoms with E-state index < -0.39 is 0 Å². The van der Waals surface area contributed by atoms with E-state index in [1.807, 2.05) is 0 Å². The monoisotopic (exact) mass is 178 g/mol. The summed E-state index contributed by atoms with van der Waals surface area (Å²) in [6, 6.07) is 0. The summed E-state index contributed by atoms with van der Waals surface area (Å²) in [4.78, 5) is 0. The van der Waals surface area contributed by atoms with E-state index in [0.29, 0.717) is 6.61 Å². The van der Waals surface area contributed by atoms with E-state index in [9.17, 15) is 0 Å². The molecule has 0 bridgehead atoms. The molecular formula is C9H23OP. The van der Waals surface area contributed by atoms with Gasteiger partial charge in [-0.2, -0.15) is 9.90 Å². The molecule has 2 atom stereocenters. The average Bonchev–Trinajstić information content (AvgIpc) is 1.98. The molecule has 1 N–H and O–H groups in total. The van der Waals surface area contributed by atoms with Crippen LogP contribution in [0, 0.1) is 5.92 Å². The minimum absolute atomic E-state index is 0. The Kier molecular flexibility index (Phi) is 13.2. The molecule has 0 rings (SSSR count). The molecule has 0 saturated heterocycles. The highest BCUT2D eigenvalue weighted by atomic mass is 31.0. The van der Waals surface area contributed by atoms with Gasteiger partial charge in [0.05, 0.1) is 0 Å². The Morgan fingerprint density at radius 3 is 2.18 bits per heavy atom. The SMILES string of the molecule is CCCCC(CC)CCO.P. The van der Waals surface area contributed by atoms with Crippen LogP contribution in [0.15, 0.2) is 0 Å². The van der Waals surface area contributed by atoms with E-state index in [-0.39, 0.29) is 9.90 Å². The Bertz CT molecular complexity index is 66.6. The van der Waals surface area contributed by atoms with Crippen LogP contribution < -0.4 is 0 Å². The molecule has 0 aliphatic heterocycles. The first kappa shape index (κ1) is 13.9. The molecule has 0 fully saturated rings. The fourth-order valence-electron chi connectivity index (χ4n) is 1.23. The van der Waals surface area contributed by atoms with Crippen LogP contribution in [0.3, 0.4) is 0 Å². The molecule has 0 aliphatic rings. The second-order valence-electron chi connectivity index (χ2n) is 2.93. The molecule has 2 unspecified atom stereocenters. The Hall–Kier alpha value is 0.390. The van der Waals surface area contributed by atoms with Crippen LogP contribution in [0.25, 0.3) is 0 Å². The van der Waals surface area contributed by atoms with Gasteiger partial charge in [-0.3, -0.25) is 0 Å². The van der Waals surface area contributed by atoms with Crippen molar-refractivity contribution in [2.75, 3.05) is 6.61 Å². The second-order valence-corrected chi connectivity index (χ2v) is 2.93. The standard InChI is InChI=1S/C9H20O.H3P/c1-3-5-6-9(4-2)7-8-10;/h9-10H,3-8H2,1-2H3;1H3. The minimum atomic E-state index is 0. The Balaban J connectivity index is 0. The van der Waals surface area contributed by atoms with Crippen LogP contribution >= 0.6 is 9.90 Å². The first-order valence-corrected chi connectivity index (χ1v) is 4.46. The summed E-state index contributed by atoms with van der Waals surface area (Å²) in [5.41, 5.74) is 0. The predicted octanol–water partition coefficient (Wildman–Crippen LogP) is 2.64.